The maximum atomic E-state index is 6.14. The second-order valence-corrected chi connectivity index (χ2v) is 6.12. The number of anilines is 1. The largest absolute Gasteiger partial charge is 0.384 e. The Morgan fingerprint density at radius 2 is 1.95 bits per heavy atom. The monoisotopic (exact) mass is 319 g/mol. The molecule has 0 aliphatic heterocycles. The molecule has 100 valence electrons. The highest BCUT2D eigenvalue weighted by Crippen LogP contribution is 2.32. The van der Waals surface area contributed by atoms with Gasteiger partial charge in [-0.15, -0.1) is 0 Å². The van der Waals surface area contributed by atoms with Gasteiger partial charge in [-0.1, -0.05) is 47.3 Å². The Balaban J connectivity index is 1.92. The molecule has 1 aliphatic carbocycles. The first kappa shape index (κ1) is 12.7. The molecular weight excluding hydrogens is 302 g/mol. The van der Waals surface area contributed by atoms with E-state index in [1.807, 2.05) is 22.9 Å². The molecule has 0 radical (unpaired) electrons. The topological polar surface area (TPSA) is 43.8 Å². The van der Waals surface area contributed by atoms with E-state index in [4.69, 9.17) is 10.8 Å². The summed E-state index contributed by atoms with van der Waals surface area (Å²) in [6, 6.07) is 10.6. The first-order valence-electron chi connectivity index (χ1n) is 6.85. The summed E-state index contributed by atoms with van der Waals surface area (Å²) in [6.45, 7) is 0. The zero-order valence-electron chi connectivity index (χ0n) is 10.8. The predicted molar refractivity (Wildman–Crippen MR) is 81.9 cm³/mol. The zero-order chi connectivity index (χ0) is 13.2. The van der Waals surface area contributed by atoms with E-state index in [1.54, 1.807) is 0 Å². The normalized spacial score (nSPS) is 16.7. The van der Waals surface area contributed by atoms with Crippen LogP contribution in [0.25, 0.3) is 11.3 Å². The van der Waals surface area contributed by atoms with Crippen molar-refractivity contribution in [3.63, 3.8) is 0 Å². The van der Waals surface area contributed by atoms with Gasteiger partial charge >= 0.3 is 0 Å². The molecular formula is C15H18BrN3. The van der Waals surface area contributed by atoms with Crippen molar-refractivity contribution in [1.82, 2.24) is 9.78 Å². The van der Waals surface area contributed by atoms with Crippen molar-refractivity contribution in [1.29, 1.82) is 0 Å². The van der Waals surface area contributed by atoms with Crippen molar-refractivity contribution in [3.05, 3.63) is 34.8 Å². The molecule has 1 aliphatic rings. The third-order valence-electron chi connectivity index (χ3n) is 3.81. The van der Waals surface area contributed by atoms with Crippen LogP contribution in [-0.2, 0) is 0 Å². The van der Waals surface area contributed by atoms with Crippen molar-refractivity contribution in [2.75, 3.05) is 5.73 Å². The molecule has 1 aromatic carbocycles. The van der Waals surface area contributed by atoms with Crippen LogP contribution in [0.2, 0.25) is 0 Å². The lowest BCUT2D eigenvalue weighted by Crippen LogP contribution is -2.16. The maximum Gasteiger partial charge on any atom is 0.122 e. The van der Waals surface area contributed by atoms with Crippen molar-refractivity contribution in [2.24, 2.45) is 0 Å². The van der Waals surface area contributed by atoms with Crippen LogP contribution >= 0.6 is 15.9 Å². The Kier molecular flexibility index (Phi) is 3.60. The van der Waals surface area contributed by atoms with E-state index >= 15 is 0 Å². The molecule has 1 heterocycles. The number of nitrogens with two attached hydrogens (primary N) is 1. The van der Waals surface area contributed by atoms with Crippen LogP contribution in [0.5, 0.6) is 0 Å². The molecule has 0 spiro atoms. The van der Waals surface area contributed by atoms with Gasteiger partial charge in [0.05, 0.1) is 11.7 Å². The van der Waals surface area contributed by atoms with Crippen LogP contribution in [0.3, 0.4) is 0 Å². The second-order valence-electron chi connectivity index (χ2n) is 5.20. The standard InChI is InChI=1S/C15H18BrN3/c16-12-6-4-5-11(9-12)14-10-15(17)19(18-14)13-7-2-1-3-8-13/h4-6,9-10,13H,1-3,7-8,17H2. The summed E-state index contributed by atoms with van der Waals surface area (Å²) in [6.07, 6.45) is 6.32. The van der Waals surface area contributed by atoms with Crippen LogP contribution in [0.4, 0.5) is 5.82 Å². The molecule has 3 rings (SSSR count). The second kappa shape index (κ2) is 5.37. The quantitative estimate of drug-likeness (QED) is 0.891. The fraction of sp³-hybridized carbons (Fsp3) is 0.400. The number of aromatic nitrogens is 2. The number of nitrogens with zero attached hydrogens (tertiary/aromatic N) is 2. The van der Waals surface area contributed by atoms with Crippen molar-refractivity contribution < 1.29 is 0 Å². The lowest BCUT2D eigenvalue weighted by Gasteiger charge is -2.22. The molecule has 3 nitrogen and oxygen atoms in total. The van der Waals surface area contributed by atoms with Gasteiger partial charge in [-0.25, -0.2) is 4.68 Å². The first-order valence-corrected chi connectivity index (χ1v) is 7.64. The Labute approximate surface area is 121 Å². The summed E-state index contributed by atoms with van der Waals surface area (Å²) >= 11 is 3.50. The van der Waals surface area contributed by atoms with Gasteiger partial charge in [0.1, 0.15) is 5.82 Å². The summed E-state index contributed by atoms with van der Waals surface area (Å²) in [5.74, 6) is 0.780. The van der Waals surface area contributed by atoms with Crippen LogP contribution in [0, 0.1) is 0 Å². The maximum absolute atomic E-state index is 6.14. The average Bonchev–Trinajstić information content (AvgIpc) is 2.82. The van der Waals surface area contributed by atoms with Crippen molar-refractivity contribution in [3.8, 4) is 11.3 Å². The van der Waals surface area contributed by atoms with Crippen molar-refractivity contribution >= 4 is 21.7 Å². The lowest BCUT2D eigenvalue weighted by atomic mass is 9.96. The van der Waals surface area contributed by atoms with Crippen LogP contribution in [0.15, 0.2) is 34.8 Å². The number of nitrogen functional groups attached to an aromatic ring is 1. The Hall–Kier alpha value is -1.29. The van der Waals surface area contributed by atoms with Crippen LogP contribution in [0.1, 0.15) is 38.1 Å². The van der Waals surface area contributed by atoms with E-state index in [-0.39, 0.29) is 0 Å². The minimum Gasteiger partial charge on any atom is -0.384 e. The minimum absolute atomic E-state index is 0.481. The Morgan fingerprint density at radius 1 is 1.16 bits per heavy atom. The number of halogens is 1. The lowest BCUT2D eigenvalue weighted by molar-refractivity contribution is 0.333. The summed E-state index contributed by atoms with van der Waals surface area (Å²) < 4.78 is 3.09. The molecule has 0 atom stereocenters. The summed E-state index contributed by atoms with van der Waals surface area (Å²) in [4.78, 5) is 0. The molecule has 4 heteroatoms. The van der Waals surface area contributed by atoms with Gasteiger partial charge in [0.15, 0.2) is 0 Å². The Bertz CT molecular complexity index is 571. The van der Waals surface area contributed by atoms with Crippen LogP contribution in [-0.4, -0.2) is 9.78 Å². The van der Waals surface area contributed by atoms with E-state index in [1.165, 1.54) is 32.1 Å². The molecule has 1 aromatic heterocycles. The predicted octanol–water partition coefficient (Wildman–Crippen LogP) is 4.40. The number of rotatable bonds is 2. The molecule has 2 aromatic rings. The highest BCUT2D eigenvalue weighted by Gasteiger charge is 2.19. The van der Waals surface area contributed by atoms with Gasteiger partial charge in [0, 0.05) is 16.1 Å². The van der Waals surface area contributed by atoms with Gasteiger partial charge in [0.25, 0.3) is 0 Å². The van der Waals surface area contributed by atoms with Gasteiger partial charge in [-0.05, 0) is 25.0 Å². The first-order chi connectivity index (χ1) is 9.24. The zero-order valence-corrected chi connectivity index (χ0v) is 12.4. The van der Waals surface area contributed by atoms with Gasteiger partial charge < -0.3 is 5.73 Å². The molecule has 2 N–H and O–H groups in total. The van der Waals surface area contributed by atoms with E-state index in [2.05, 4.69) is 28.1 Å². The molecule has 0 bridgehead atoms. The highest BCUT2D eigenvalue weighted by atomic mass is 79.9. The van der Waals surface area contributed by atoms with E-state index < -0.39 is 0 Å². The molecule has 1 fully saturated rings. The molecule has 0 saturated heterocycles. The van der Waals surface area contributed by atoms with E-state index in [0.717, 1.165) is 21.5 Å². The minimum atomic E-state index is 0.481. The van der Waals surface area contributed by atoms with E-state index in [0.29, 0.717) is 6.04 Å². The number of benzene rings is 1. The number of hydrogen-bond acceptors (Lipinski definition) is 2. The Morgan fingerprint density at radius 3 is 2.68 bits per heavy atom. The summed E-state index contributed by atoms with van der Waals surface area (Å²) in [7, 11) is 0. The van der Waals surface area contributed by atoms with Crippen molar-refractivity contribution in [2.45, 2.75) is 38.1 Å². The molecule has 1 saturated carbocycles. The van der Waals surface area contributed by atoms with E-state index in [9.17, 15) is 0 Å². The fourth-order valence-corrected chi connectivity index (χ4v) is 3.22. The van der Waals surface area contributed by atoms with Gasteiger partial charge in [-0.3, -0.25) is 0 Å². The fourth-order valence-electron chi connectivity index (χ4n) is 2.82. The highest BCUT2D eigenvalue weighted by molar-refractivity contribution is 9.10. The third kappa shape index (κ3) is 2.68. The smallest absolute Gasteiger partial charge is 0.122 e. The van der Waals surface area contributed by atoms with Gasteiger partial charge in [0.2, 0.25) is 0 Å². The summed E-state index contributed by atoms with van der Waals surface area (Å²) in [5, 5.41) is 4.72. The molecule has 19 heavy (non-hydrogen) atoms. The molecule has 0 amide bonds. The third-order valence-corrected chi connectivity index (χ3v) is 4.30. The SMILES string of the molecule is Nc1cc(-c2cccc(Br)c2)nn1C1CCCCC1. The van der Waals surface area contributed by atoms with Gasteiger partial charge in [-0.2, -0.15) is 5.10 Å². The summed E-state index contributed by atoms with van der Waals surface area (Å²) in [5.41, 5.74) is 8.21. The number of hydrogen-bond donors (Lipinski definition) is 1. The average molecular weight is 320 g/mol. The molecule has 0 unspecified atom stereocenters. The van der Waals surface area contributed by atoms with Crippen LogP contribution < -0.4 is 5.73 Å².